The van der Waals surface area contributed by atoms with E-state index in [9.17, 15) is 4.79 Å². The van der Waals surface area contributed by atoms with E-state index >= 15 is 0 Å². The highest BCUT2D eigenvalue weighted by atomic mass is 32.1. The van der Waals surface area contributed by atoms with Crippen LogP contribution in [0.3, 0.4) is 0 Å². The minimum atomic E-state index is -0.0355. The van der Waals surface area contributed by atoms with E-state index in [2.05, 4.69) is 27.5 Å². The van der Waals surface area contributed by atoms with Crippen molar-refractivity contribution in [2.45, 2.75) is 32.2 Å². The molecular weight excluding hydrogens is 314 g/mol. The first-order valence-corrected chi connectivity index (χ1v) is 9.60. The summed E-state index contributed by atoms with van der Waals surface area (Å²) in [4.78, 5) is 19.3. The van der Waals surface area contributed by atoms with Gasteiger partial charge in [-0.2, -0.15) is 11.3 Å². The summed E-state index contributed by atoms with van der Waals surface area (Å²) < 4.78 is 0. The predicted octanol–water partition coefficient (Wildman–Crippen LogP) is 3.48. The molecule has 0 bridgehead atoms. The van der Waals surface area contributed by atoms with Gasteiger partial charge in [-0.1, -0.05) is 6.92 Å². The number of carbonyl (C=O) groups is 1. The molecule has 3 rings (SSSR count). The molecule has 0 unspecified atom stereocenters. The maximum absolute atomic E-state index is 12.3. The molecule has 1 N–H and O–H groups in total. The van der Waals surface area contributed by atoms with Gasteiger partial charge in [0.05, 0.1) is 0 Å². The Bertz CT molecular complexity index is 601. The number of thiazole rings is 1. The van der Waals surface area contributed by atoms with Crippen LogP contribution in [0.1, 0.15) is 36.7 Å². The Balaban J connectivity index is 1.54. The van der Waals surface area contributed by atoms with Crippen LogP contribution in [0.4, 0.5) is 0 Å². The van der Waals surface area contributed by atoms with Crippen molar-refractivity contribution in [3.63, 3.8) is 0 Å². The summed E-state index contributed by atoms with van der Waals surface area (Å²) in [6.45, 7) is 5.53. The highest BCUT2D eigenvalue weighted by Crippen LogP contribution is 2.25. The third-order valence-corrected chi connectivity index (χ3v) is 5.54. The van der Waals surface area contributed by atoms with Crippen LogP contribution in [0.2, 0.25) is 0 Å². The first-order chi connectivity index (χ1) is 10.8. The average Bonchev–Trinajstić information content (AvgIpc) is 3.20. The summed E-state index contributed by atoms with van der Waals surface area (Å²) in [6, 6.07) is 2.32. The van der Waals surface area contributed by atoms with E-state index in [4.69, 9.17) is 0 Å². The van der Waals surface area contributed by atoms with Crippen LogP contribution >= 0.6 is 22.7 Å². The van der Waals surface area contributed by atoms with Crippen molar-refractivity contribution in [2.24, 2.45) is 0 Å². The number of hydrogen-bond donors (Lipinski definition) is 1. The molecule has 0 aromatic carbocycles. The number of likely N-dealkylation sites (tertiary alicyclic amines) is 1. The third-order valence-electron chi connectivity index (χ3n) is 3.97. The zero-order chi connectivity index (χ0) is 15.4. The number of carbonyl (C=O) groups excluding carboxylic acids is 1. The van der Waals surface area contributed by atoms with Crippen LogP contribution in [0.25, 0.3) is 10.6 Å². The van der Waals surface area contributed by atoms with Crippen molar-refractivity contribution in [3.8, 4) is 10.6 Å². The number of amides is 1. The fourth-order valence-corrected chi connectivity index (χ4v) is 4.29. The van der Waals surface area contributed by atoms with E-state index in [0.29, 0.717) is 5.69 Å². The quantitative estimate of drug-likeness (QED) is 0.910. The largest absolute Gasteiger partial charge is 0.348 e. The number of hydrogen-bond acceptors (Lipinski definition) is 5. The van der Waals surface area contributed by atoms with E-state index in [1.54, 1.807) is 11.3 Å². The molecule has 1 fully saturated rings. The third kappa shape index (κ3) is 3.74. The Labute approximate surface area is 139 Å². The van der Waals surface area contributed by atoms with Gasteiger partial charge >= 0.3 is 0 Å². The van der Waals surface area contributed by atoms with E-state index in [-0.39, 0.29) is 11.9 Å². The fourth-order valence-electron chi connectivity index (χ4n) is 2.77. The van der Waals surface area contributed by atoms with Crippen LogP contribution in [0.15, 0.2) is 22.2 Å². The van der Waals surface area contributed by atoms with Crippen LogP contribution in [0.5, 0.6) is 0 Å². The molecular formula is C16H21N3OS2. The molecule has 6 heteroatoms. The lowest BCUT2D eigenvalue weighted by molar-refractivity contribution is 0.0907. The van der Waals surface area contributed by atoms with Crippen molar-refractivity contribution in [1.82, 2.24) is 15.2 Å². The van der Waals surface area contributed by atoms with Gasteiger partial charge in [0, 0.05) is 35.5 Å². The molecule has 0 saturated carbocycles. The normalized spacial score (nSPS) is 16.8. The van der Waals surface area contributed by atoms with Gasteiger partial charge in [-0.3, -0.25) is 4.79 Å². The van der Waals surface area contributed by atoms with Gasteiger partial charge < -0.3 is 10.2 Å². The summed E-state index contributed by atoms with van der Waals surface area (Å²) in [6.07, 6.45) is 3.27. The van der Waals surface area contributed by atoms with Gasteiger partial charge in [-0.25, -0.2) is 4.98 Å². The second-order valence-corrected chi connectivity index (χ2v) is 7.28. The van der Waals surface area contributed by atoms with Crippen molar-refractivity contribution >= 4 is 28.6 Å². The monoisotopic (exact) mass is 335 g/mol. The molecule has 0 spiro atoms. The zero-order valence-electron chi connectivity index (χ0n) is 12.7. The minimum Gasteiger partial charge on any atom is -0.348 e. The van der Waals surface area contributed by atoms with Gasteiger partial charge in [0.25, 0.3) is 5.91 Å². The number of thiophene rings is 1. The lowest BCUT2D eigenvalue weighted by Crippen LogP contribution is -2.44. The molecule has 1 saturated heterocycles. The molecule has 2 aromatic rings. The van der Waals surface area contributed by atoms with Crippen LogP contribution in [-0.2, 0) is 0 Å². The molecule has 2 aromatic heterocycles. The Kier molecular flexibility index (Phi) is 5.23. The molecule has 0 aliphatic carbocycles. The van der Waals surface area contributed by atoms with E-state index in [1.165, 1.54) is 17.8 Å². The molecule has 1 aliphatic heterocycles. The smallest absolute Gasteiger partial charge is 0.270 e. The molecule has 0 atom stereocenters. The number of aromatic nitrogens is 1. The summed E-state index contributed by atoms with van der Waals surface area (Å²) in [7, 11) is 0. The first-order valence-electron chi connectivity index (χ1n) is 7.77. The lowest BCUT2D eigenvalue weighted by Gasteiger charge is -2.31. The Morgan fingerprint density at radius 2 is 2.23 bits per heavy atom. The van der Waals surface area contributed by atoms with Crippen molar-refractivity contribution in [2.75, 3.05) is 19.6 Å². The highest BCUT2D eigenvalue weighted by molar-refractivity contribution is 7.14. The van der Waals surface area contributed by atoms with Crippen molar-refractivity contribution < 1.29 is 4.79 Å². The standard InChI is InChI=1S/C16H21N3OS2/c1-2-6-19-7-3-13(4-8-19)17-15(20)14-11-22-16(18-14)12-5-9-21-10-12/h5,9-11,13H,2-4,6-8H2,1H3,(H,17,20). The number of nitrogens with zero attached hydrogens (tertiary/aromatic N) is 2. The topological polar surface area (TPSA) is 45.2 Å². The molecule has 3 heterocycles. The van der Waals surface area contributed by atoms with Crippen molar-refractivity contribution in [1.29, 1.82) is 0 Å². The predicted molar refractivity (Wildman–Crippen MR) is 92.6 cm³/mol. The molecule has 0 radical (unpaired) electrons. The maximum Gasteiger partial charge on any atom is 0.270 e. The molecule has 1 aliphatic rings. The Morgan fingerprint density at radius 1 is 1.41 bits per heavy atom. The van der Waals surface area contributed by atoms with Crippen LogP contribution < -0.4 is 5.32 Å². The van der Waals surface area contributed by atoms with E-state index in [1.807, 2.05) is 16.8 Å². The van der Waals surface area contributed by atoms with E-state index in [0.717, 1.165) is 43.0 Å². The highest BCUT2D eigenvalue weighted by Gasteiger charge is 2.21. The number of piperidine rings is 1. The minimum absolute atomic E-state index is 0.0355. The first kappa shape index (κ1) is 15.6. The fraction of sp³-hybridized carbons (Fsp3) is 0.500. The van der Waals surface area contributed by atoms with Crippen LogP contribution in [0, 0.1) is 0 Å². The Morgan fingerprint density at radius 3 is 2.91 bits per heavy atom. The summed E-state index contributed by atoms with van der Waals surface area (Å²) in [5, 5.41) is 10.0. The van der Waals surface area contributed by atoms with E-state index < -0.39 is 0 Å². The van der Waals surface area contributed by atoms with Gasteiger partial charge in [0.2, 0.25) is 0 Å². The zero-order valence-corrected chi connectivity index (χ0v) is 14.4. The summed E-state index contributed by atoms with van der Waals surface area (Å²) >= 11 is 3.18. The van der Waals surface area contributed by atoms with Gasteiger partial charge in [0.15, 0.2) is 0 Å². The Hall–Kier alpha value is -1.24. The molecule has 1 amide bonds. The number of rotatable bonds is 5. The second-order valence-electron chi connectivity index (χ2n) is 5.64. The molecule has 118 valence electrons. The van der Waals surface area contributed by atoms with Gasteiger partial charge in [0.1, 0.15) is 10.7 Å². The molecule has 22 heavy (non-hydrogen) atoms. The summed E-state index contributed by atoms with van der Waals surface area (Å²) in [5.41, 5.74) is 1.64. The van der Waals surface area contributed by atoms with Crippen molar-refractivity contribution in [3.05, 3.63) is 27.9 Å². The van der Waals surface area contributed by atoms with Gasteiger partial charge in [-0.05, 0) is 37.3 Å². The second kappa shape index (κ2) is 7.35. The SMILES string of the molecule is CCCN1CCC(NC(=O)c2csc(-c3ccsc3)n2)CC1. The maximum atomic E-state index is 12.3. The average molecular weight is 335 g/mol. The van der Waals surface area contributed by atoms with Crippen LogP contribution in [-0.4, -0.2) is 41.5 Å². The van der Waals surface area contributed by atoms with Gasteiger partial charge in [-0.15, -0.1) is 11.3 Å². The molecule has 4 nitrogen and oxygen atoms in total. The number of nitrogens with one attached hydrogen (secondary N) is 1. The summed E-state index contributed by atoms with van der Waals surface area (Å²) in [5.74, 6) is -0.0355. The lowest BCUT2D eigenvalue weighted by atomic mass is 10.0.